The van der Waals surface area contributed by atoms with Gasteiger partial charge in [0.05, 0.1) is 41.1 Å². The average Bonchev–Trinajstić information content (AvgIpc) is 3.35. The van der Waals surface area contributed by atoms with Crippen LogP contribution in [0.5, 0.6) is 0 Å². The zero-order valence-electron chi connectivity index (χ0n) is 25.6. The van der Waals surface area contributed by atoms with Gasteiger partial charge < -0.3 is 20.6 Å². The first kappa shape index (κ1) is 33.9. The van der Waals surface area contributed by atoms with E-state index in [4.69, 9.17) is 4.18 Å². The molecular formula is C30H41FN4O7S2. The second-order valence-electron chi connectivity index (χ2n) is 12.8. The molecule has 1 aliphatic carbocycles. The molecule has 2 heterocycles. The first-order valence-electron chi connectivity index (χ1n) is 14.6. The van der Waals surface area contributed by atoms with Crippen LogP contribution in [0.3, 0.4) is 0 Å². The number of carbonyl (C=O) groups is 3. The van der Waals surface area contributed by atoms with E-state index in [9.17, 15) is 32.3 Å². The summed E-state index contributed by atoms with van der Waals surface area (Å²) in [6.45, 7) is 6.95. The molecule has 1 saturated heterocycles. The van der Waals surface area contributed by atoms with Crippen molar-refractivity contribution in [1.29, 1.82) is 0 Å². The molecule has 3 amide bonds. The molecule has 0 bridgehead atoms. The number of thiazole rings is 1. The maximum atomic E-state index is 14.5. The Morgan fingerprint density at radius 2 is 1.86 bits per heavy atom. The van der Waals surface area contributed by atoms with Crippen LogP contribution in [0.25, 0.3) is 10.4 Å². The highest BCUT2D eigenvalue weighted by atomic mass is 32.2. The summed E-state index contributed by atoms with van der Waals surface area (Å²) in [5.74, 6) is -1.93. The molecule has 0 radical (unpaired) electrons. The van der Waals surface area contributed by atoms with Crippen molar-refractivity contribution >= 4 is 39.2 Å². The van der Waals surface area contributed by atoms with Crippen molar-refractivity contribution in [2.75, 3.05) is 19.4 Å². The van der Waals surface area contributed by atoms with E-state index in [1.807, 2.05) is 31.2 Å². The van der Waals surface area contributed by atoms with Gasteiger partial charge in [-0.25, -0.2) is 9.37 Å². The van der Waals surface area contributed by atoms with E-state index in [-0.39, 0.29) is 32.4 Å². The molecule has 1 aromatic heterocycles. The van der Waals surface area contributed by atoms with Crippen molar-refractivity contribution in [3.63, 3.8) is 0 Å². The van der Waals surface area contributed by atoms with Gasteiger partial charge in [-0.05, 0) is 49.1 Å². The Balaban J connectivity index is 1.53. The number of rotatable bonds is 12. The Kier molecular flexibility index (Phi) is 10.2. The fraction of sp³-hybridized carbons (Fsp3) is 0.600. The zero-order valence-corrected chi connectivity index (χ0v) is 27.3. The van der Waals surface area contributed by atoms with Crippen molar-refractivity contribution < 1.29 is 36.5 Å². The van der Waals surface area contributed by atoms with Gasteiger partial charge in [-0.15, -0.1) is 11.3 Å². The van der Waals surface area contributed by atoms with E-state index < -0.39 is 63.2 Å². The number of amides is 3. The lowest BCUT2D eigenvalue weighted by atomic mass is 9.85. The van der Waals surface area contributed by atoms with Gasteiger partial charge in [0.2, 0.25) is 11.8 Å². The standard InChI is InChI=1S/C30H41FN4O7S2/c1-18-24(43-17-32-18)20-10-8-19(9-11-20)22(7-6-14-42-44(5,40)41)33-26(37)23-15-21(36)16-35(23)27(38)25(29(2,3)4)34-28(39)30(31)12-13-30/h8-11,17,21-23,25,36H,6-7,12-16H2,1-5H3,(H,33,37)(H,34,39)/t21-,22+,23+,25-/m1/s1. The Morgan fingerprint density at radius 1 is 1.20 bits per heavy atom. The minimum absolute atomic E-state index is 0.0110. The van der Waals surface area contributed by atoms with E-state index in [2.05, 4.69) is 15.6 Å². The lowest BCUT2D eigenvalue weighted by Gasteiger charge is -2.36. The quantitative estimate of drug-likeness (QED) is 0.234. The van der Waals surface area contributed by atoms with Crippen LogP contribution >= 0.6 is 11.3 Å². The van der Waals surface area contributed by atoms with Crippen LogP contribution in [0, 0.1) is 12.3 Å². The normalized spacial score (nSPS) is 21.0. The largest absolute Gasteiger partial charge is 0.391 e. The molecule has 2 aliphatic rings. The van der Waals surface area contributed by atoms with Crippen LogP contribution in [0.15, 0.2) is 29.8 Å². The van der Waals surface area contributed by atoms with E-state index in [0.717, 1.165) is 28.0 Å². The predicted molar refractivity (Wildman–Crippen MR) is 164 cm³/mol. The van der Waals surface area contributed by atoms with Gasteiger partial charge in [-0.2, -0.15) is 8.42 Å². The van der Waals surface area contributed by atoms with Crippen LogP contribution in [-0.2, 0) is 28.7 Å². The molecule has 1 aromatic carbocycles. The molecule has 44 heavy (non-hydrogen) atoms. The number of benzene rings is 1. The van der Waals surface area contributed by atoms with Crippen molar-refractivity contribution in [1.82, 2.24) is 20.5 Å². The second kappa shape index (κ2) is 13.2. The SMILES string of the molecule is Cc1ncsc1-c1ccc([C@H](CCCOS(C)(=O)=O)NC(=O)[C@@H]2C[C@@H](O)CN2C(=O)[C@@H](NC(=O)C2(F)CC2)C(C)(C)C)cc1. The van der Waals surface area contributed by atoms with E-state index in [0.29, 0.717) is 12.8 Å². The topological polar surface area (TPSA) is 155 Å². The molecule has 11 nitrogen and oxygen atoms in total. The highest BCUT2D eigenvalue weighted by Crippen LogP contribution is 2.40. The summed E-state index contributed by atoms with van der Waals surface area (Å²) < 4.78 is 42.3. The van der Waals surface area contributed by atoms with Crippen LogP contribution in [-0.4, -0.2) is 84.4 Å². The third kappa shape index (κ3) is 8.40. The molecule has 3 N–H and O–H groups in total. The first-order valence-corrected chi connectivity index (χ1v) is 17.3. The van der Waals surface area contributed by atoms with Gasteiger partial charge in [0.25, 0.3) is 16.0 Å². The van der Waals surface area contributed by atoms with Crippen molar-refractivity contribution in [3.8, 4) is 10.4 Å². The Bertz CT molecular complexity index is 1470. The minimum Gasteiger partial charge on any atom is -0.391 e. The summed E-state index contributed by atoms with van der Waals surface area (Å²) in [6.07, 6.45) is 0.829. The number of aliphatic hydroxyl groups is 1. The highest BCUT2D eigenvalue weighted by Gasteiger charge is 2.53. The molecule has 0 spiro atoms. The Hall–Kier alpha value is -2.94. The maximum absolute atomic E-state index is 14.5. The third-order valence-electron chi connectivity index (χ3n) is 7.92. The van der Waals surface area contributed by atoms with Crippen LogP contribution in [0.4, 0.5) is 4.39 Å². The number of aromatic nitrogens is 1. The number of halogens is 1. The maximum Gasteiger partial charge on any atom is 0.264 e. The summed E-state index contributed by atoms with van der Waals surface area (Å²) >= 11 is 1.52. The number of hydrogen-bond donors (Lipinski definition) is 3. The summed E-state index contributed by atoms with van der Waals surface area (Å²) in [6, 6.07) is 4.88. The number of aliphatic hydroxyl groups excluding tert-OH is 1. The molecule has 0 unspecified atom stereocenters. The van der Waals surface area contributed by atoms with Crippen molar-refractivity contribution in [3.05, 3.63) is 41.0 Å². The first-order chi connectivity index (χ1) is 20.5. The molecule has 4 atom stereocenters. The van der Waals surface area contributed by atoms with Gasteiger partial charge in [-0.1, -0.05) is 45.0 Å². The van der Waals surface area contributed by atoms with Gasteiger partial charge in [-0.3, -0.25) is 18.6 Å². The molecule has 1 saturated carbocycles. The van der Waals surface area contributed by atoms with Gasteiger partial charge in [0, 0.05) is 13.0 Å². The molecule has 2 fully saturated rings. The smallest absolute Gasteiger partial charge is 0.264 e. The van der Waals surface area contributed by atoms with Gasteiger partial charge >= 0.3 is 0 Å². The Labute approximate surface area is 261 Å². The lowest BCUT2D eigenvalue weighted by molar-refractivity contribution is -0.145. The summed E-state index contributed by atoms with van der Waals surface area (Å²) in [5, 5.41) is 16.1. The molecule has 4 rings (SSSR count). The number of alkyl halides is 1. The summed E-state index contributed by atoms with van der Waals surface area (Å²) in [4.78, 5) is 46.7. The highest BCUT2D eigenvalue weighted by molar-refractivity contribution is 7.85. The minimum atomic E-state index is -3.63. The third-order valence-corrected chi connectivity index (χ3v) is 9.49. The fourth-order valence-corrected chi connectivity index (χ4v) is 6.48. The van der Waals surface area contributed by atoms with E-state index in [1.165, 1.54) is 16.2 Å². The van der Waals surface area contributed by atoms with Crippen LogP contribution < -0.4 is 10.6 Å². The fourth-order valence-electron chi connectivity index (χ4n) is 5.25. The van der Waals surface area contributed by atoms with Crippen LogP contribution in [0.1, 0.15) is 70.2 Å². The average molecular weight is 653 g/mol. The van der Waals surface area contributed by atoms with E-state index in [1.54, 1.807) is 26.3 Å². The summed E-state index contributed by atoms with van der Waals surface area (Å²) in [5.41, 5.74) is 1.62. The summed E-state index contributed by atoms with van der Waals surface area (Å²) in [7, 11) is -3.63. The lowest BCUT2D eigenvalue weighted by Crippen LogP contribution is -2.59. The molecular weight excluding hydrogens is 611 g/mol. The number of β-amino-alcohol motifs (C(OH)–C–C–N with tert-alkyl or cyclic N) is 1. The molecule has 2 aromatic rings. The molecule has 1 aliphatic heterocycles. The zero-order chi connectivity index (χ0) is 32.4. The monoisotopic (exact) mass is 652 g/mol. The predicted octanol–water partition coefficient (Wildman–Crippen LogP) is 3.03. The number of carbonyl (C=O) groups excluding carboxylic acids is 3. The van der Waals surface area contributed by atoms with Crippen molar-refractivity contribution in [2.45, 2.75) is 89.7 Å². The van der Waals surface area contributed by atoms with Gasteiger partial charge in [0.1, 0.15) is 12.1 Å². The Morgan fingerprint density at radius 3 is 2.41 bits per heavy atom. The van der Waals surface area contributed by atoms with Crippen LogP contribution in [0.2, 0.25) is 0 Å². The number of hydrogen-bond acceptors (Lipinski definition) is 9. The number of likely N-dealkylation sites (tertiary alicyclic amines) is 1. The molecule has 242 valence electrons. The number of aryl methyl sites for hydroxylation is 1. The van der Waals surface area contributed by atoms with Crippen molar-refractivity contribution in [2.24, 2.45) is 5.41 Å². The molecule has 14 heteroatoms. The number of nitrogens with zero attached hydrogens (tertiary/aromatic N) is 2. The van der Waals surface area contributed by atoms with Gasteiger partial charge in [0.15, 0.2) is 5.67 Å². The van der Waals surface area contributed by atoms with E-state index >= 15 is 0 Å². The number of nitrogens with one attached hydrogen (secondary N) is 2. The second-order valence-corrected chi connectivity index (χ2v) is 15.3.